The molecule has 148 valence electrons. The average molecular weight is 374 g/mol. The van der Waals surface area contributed by atoms with Crippen molar-refractivity contribution in [3.05, 3.63) is 18.7 Å². The highest BCUT2D eigenvalue weighted by atomic mass is 16.3. The standard InChI is InChI=1S/C18H30N8O/c1-2-15(13-27)21-17-22-16(20-7-6-9-25-12-8-19-14-25)23-18(24-17)26-10-4-3-5-11-26/h8,12,14-15,27H,2-7,9-11,13H2,1H3,(H2,20,21,22,23,24)/t15-/m1/s1. The molecule has 0 aliphatic carbocycles. The number of aliphatic hydroxyl groups excluding tert-OH is 1. The lowest BCUT2D eigenvalue weighted by Crippen LogP contribution is -2.32. The molecule has 1 fully saturated rings. The molecule has 0 saturated carbocycles. The molecule has 9 nitrogen and oxygen atoms in total. The molecular weight excluding hydrogens is 344 g/mol. The van der Waals surface area contributed by atoms with Crippen LogP contribution in [0, 0.1) is 0 Å². The second-order valence-electron chi connectivity index (χ2n) is 6.84. The molecule has 2 aromatic rings. The van der Waals surface area contributed by atoms with Gasteiger partial charge in [0.25, 0.3) is 0 Å². The fraction of sp³-hybridized carbons (Fsp3) is 0.667. The first-order chi connectivity index (χ1) is 13.3. The topological polar surface area (TPSA) is 104 Å². The van der Waals surface area contributed by atoms with Gasteiger partial charge in [-0.1, -0.05) is 6.92 Å². The third-order valence-corrected chi connectivity index (χ3v) is 4.74. The van der Waals surface area contributed by atoms with E-state index < -0.39 is 0 Å². The zero-order valence-corrected chi connectivity index (χ0v) is 16.0. The zero-order valence-electron chi connectivity index (χ0n) is 16.0. The van der Waals surface area contributed by atoms with Crippen LogP contribution in [0.3, 0.4) is 0 Å². The van der Waals surface area contributed by atoms with Crippen LogP contribution in [0.25, 0.3) is 0 Å². The number of nitrogens with zero attached hydrogens (tertiary/aromatic N) is 6. The highest BCUT2D eigenvalue weighted by Gasteiger charge is 2.17. The van der Waals surface area contributed by atoms with Crippen molar-refractivity contribution in [1.29, 1.82) is 0 Å². The fourth-order valence-electron chi connectivity index (χ4n) is 3.08. The number of aryl methyl sites for hydroxylation is 1. The Hall–Kier alpha value is -2.42. The van der Waals surface area contributed by atoms with Gasteiger partial charge in [-0.15, -0.1) is 0 Å². The van der Waals surface area contributed by atoms with Gasteiger partial charge >= 0.3 is 0 Å². The molecular formula is C18H30N8O. The number of rotatable bonds is 10. The van der Waals surface area contributed by atoms with Crippen molar-refractivity contribution < 1.29 is 5.11 Å². The monoisotopic (exact) mass is 374 g/mol. The Labute approximate surface area is 160 Å². The zero-order chi connectivity index (χ0) is 18.9. The van der Waals surface area contributed by atoms with E-state index in [1.807, 2.05) is 24.0 Å². The molecule has 27 heavy (non-hydrogen) atoms. The first kappa shape index (κ1) is 19.3. The van der Waals surface area contributed by atoms with E-state index in [9.17, 15) is 5.11 Å². The molecule has 9 heteroatoms. The molecule has 0 aromatic carbocycles. The maximum absolute atomic E-state index is 9.47. The lowest BCUT2D eigenvalue weighted by molar-refractivity contribution is 0.271. The minimum atomic E-state index is -0.0595. The third kappa shape index (κ3) is 5.78. The molecule has 1 saturated heterocycles. The molecule has 1 atom stereocenters. The van der Waals surface area contributed by atoms with Gasteiger partial charge in [-0.25, -0.2) is 4.98 Å². The minimum absolute atomic E-state index is 0.0505. The summed E-state index contributed by atoms with van der Waals surface area (Å²) in [6.45, 7) is 5.68. The molecule has 1 aliphatic heterocycles. The van der Waals surface area contributed by atoms with Gasteiger partial charge in [-0.05, 0) is 32.1 Å². The molecule has 1 aliphatic rings. The van der Waals surface area contributed by atoms with Crippen LogP contribution in [0.1, 0.15) is 39.0 Å². The van der Waals surface area contributed by atoms with Crippen LogP contribution >= 0.6 is 0 Å². The quantitative estimate of drug-likeness (QED) is 0.540. The van der Waals surface area contributed by atoms with Crippen LogP contribution < -0.4 is 15.5 Å². The van der Waals surface area contributed by atoms with Gasteiger partial charge in [0, 0.05) is 38.6 Å². The number of piperidine rings is 1. The number of imidazole rings is 1. The summed E-state index contributed by atoms with van der Waals surface area (Å²) in [4.78, 5) is 20.0. The molecule has 0 unspecified atom stereocenters. The summed E-state index contributed by atoms with van der Waals surface area (Å²) in [7, 11) is 0. The van der Waals surface area contributed by atoms with Gasteiger partial charge in [0.05, 0.1) is 19.0 Å². The summed E-state index contributed by atoms with van der Waals surface area (Å²) in [6.07, 6.45) is 10.9. The normalized spacial score (nSPS) is 15.6. The molecule has 3 rings (SSSR count). The number of hydrogen-bond donors (Lipinski definition) is 3. The van der Waals surface area contributed by atoms with Crippen molar-refractivity contribution in [2.24, 2.45) is 0 Å². The SMILES string of the molecule is CC[C@H](CO)Nc1nc(NCCCn2ccnc2)nc(N2CCCCC2)n1. The molecule has 0 bridgehead atoms. The van der Waals surface area contributed by atoms with Crippen molar-refractivity contribution in [2.75, 3.05) is 41.8 Å². The van der Waals surface area contributed by atoms with Gasteiger partial charge in [-0.3, -0.25) is 0 Å². The van der Waals surface area contributed by atoms with E-state index in [1.54, 1.807) is 6.20 Å². The second kappa shape index (κ2) is 10.1. The Balaban J connectivity index is 1.66. The van der Waals surface area contributed by atoms with Gasteiger partial charge in [0.15, 0.2) is 0 Å². The number of aromatic nitrogens is 5. The maximum Gasteiger partial charge on any atom is 0.231 e. The maximum atomic E-state index is 9.47. The molecule has 3 heterocycles. The third-order valence-electron chi connectivity index (χ3n) is 4.74. The van der Waals surface area contributed by atoms with Gasteiger partial charge in [0.2, 0.25) is 17.8 Å². The first-order valence-corrected chi connectivity index (χ1v) is 9.86. The van der Waals surface area contributed by atoms with E-state index in [-0.39, 0.29) is 12.6 Å². The summed E-state index contributed by atoms with van der Waals surface area (Å²) in [5, 5.41) is 16.0. The fourth-order valence-corrected chi connectivity index (χ4v) is 3.08. The van der Waals surface area contributed by atoms with Gasteiger partial charge < -0.3 is 25.2 Å². The Morgan fingerprint density at radius 3 is 2.67 bits per heavy atom. The molecule has 2 aromatic heterocycles. The van der Waals surface area contributed by atoms with E-state index in [0.29, 0.717) is 17.8 Å². The molecule has 3 N–H and O–H groups in total. The second-order valence-corrected chi connectivity index (χ2v) is 6.84. The number of aliphatic hydroxyl groups is 1. The smallest absolute Gasteiger partial charge is 0.231 e. The van der Waals surface area contributed by atoms with Crippen molar-refractivity contribution in [1.82, 2.24) is 24.5 Å². The highest BCUT2D eigenvalue weighted by Crippen LogP contribution is 2.19. The molecule has 0 spiro atoms. The Bertz CT molecular complexity index is 668. The lowest BCUT2D eigenvalue weighted by atomic mass is 10.1. The number of nitrogens with one attached hydrogen (secondary N) is 2. The summed E-state index contributed by atoms with van der Waals surface area (Å²) in [6, 6.07) is -0.0595. The van der Waals surface area contributed by atoms with E-state index in [1.165, 1.54) is 6.42 Å². The van der Waals surface area contributed by atoms with Crippen molar-refractivity contribution in [3.8, 4) is 0 Å². The van der Waals surface area contributed by atoms with Crippen molar-refractivity contribution >= 4 is 17.8 Å². The first-order valence-electron chi connectivity index (χ1n) is 9.86. The Morgan fingerprint density at radius 2 is 1.96 bits per heavy atom. The van der Waals surface area contributed by atoms with Crippen LogP contribution in [0.15, 0.2) is 18.7 Å². The Morgan fingerprint density at radius 1 is 1.15 bits per heavy atom. The average Bonchev–Trinajstić information content (AvgIpc) is 3.23. The summed E-state index contributed by atoms with van der Waals surface area (Å²) in [5.74, 6) is 1.80. The van der Waals surface area contributed by atoms with E-state index in [0.717, 1.165) is 51.9 Å². The predicted octanol–water partition coefficient (Wildman–Crippen LogP) is 1.74. The lowest BCUT2D eigenvalue weighted by Gasteiger charge is -2.27. The summed E-state index contributed by atoms with van der Waals surface area (Å²) >= 11 is 0. The van der Waals surface area contributed by atoms with Crippen molar-refractivity contribution in [2.45, 2.75) is 51.6 Å². The molecule has 0 radical (unpaired) electrons. The summed E-state index contributed by atoms with van der Waals surface area (Å²) < 4.78 is 2.05. The van der Waals surface area contributed by atoms with Gasteiger partial charge in [-0.2, -0.15) is 15.0 Å². The van der Waals surface area contributed by atoms with Crippen LogP contribution in [-0.4, -0.2) is 61.9 Å². The molecule has 0 amide bonds. The number of hydrogen-bond acceptors (Lipinski definition) is 8. The van der Waals surface area contributed by atoms with E-state index >= 15 is 0 Å². The van der Waals surface area contributed by atoms with Crippen LogP contribution in [0.5, 0.6) is 0 Å². The van der Waals surface area contributed by atoms with Crippen LogP contribution in [0.2, 0.25) is 0 Å². The largest absolute Gasteiger partial charge is 0.394 e. The van der Waals surface area contributed by atoms with Gasteiger partial charge in [0.1, 0.15) is 0 Å². The van der Waals surface area contributed by atoms with Crippen LogP contribution in [0.4, 0.5) is 17.8 Å². The van der Waals surface area contributed by atoms with E-state index in [4.69, 9.17) is 0 Å². The van der Waals surface area contributed by atoms with Crippen LogP contribution in [-0.2, 0) is 6.54 Å². The predicted molar refractivity (Wildman–Crippen MR) is 106 cm³/mol. The highest BCUT2D eigenvalue weighted by molar-refractivity contribution is 5.44. The Kier molecular flexibility index (Phi) is 7.20. The van der Waals surface area contributed by atoms with E-state index in [2.05, 4.69) is 35.5 Å². The van der Waals surface area contributed by atoms with Crippen molar-refractivity contribution in [3.63, 3.8) is 0 Å². The number of anilines is 3. The minimum Gasteiger partial charge on any atom is -0.394 e. The summed E-state index contributed by atoms with van der Waals surface area (Å²) in [5.41, 5.74) is 0.